The van der Waals surface area contributed by atoms with Crippen molar-refractivity contribution in [3.8, 4) is 0 Å². The summed E-state index contributed by atoms with van der Waals surface area (Å²) in [6, 6.07) is 11.6. The molecule has 0 radical (unpaired) electrons. The molecule has 1 aromatic carbocycles. The van der Waals surface area contributed by atoms with Crippen molar-refractivity contribution >= 4 is 0 Å². The van der Waals surface area contributed by atoms with Gasteiger partial charge >= 0.3 is 0 Å². The van der Waals surface area contributed by atoms with Crippen molar-refractivity contribution in [1.82, 2.24) is 5.32 Å². The van der Waals surface area contributed by atoms with Gasteiger partial charge in [0.25, 0.3) is 0 Å². The maximum Gasteiger partial charge on any atom is 0.00697 e. The Balaban J connectivity index is 1.54. The molecule has 2 rings (SSSR count). The Hall–Kier alpha value is -0.820. The molecule has 0 aromatic heterocycles. The number of hydrogen-bond donors (Lipinski definition) is 1. The van der Waals surface area contributed by atoms with Gasteiger partial charge in [0.2, 0.25) is 0 Å². The number of nitrogens with one attached hydrogen (secondary N) is 1. The minimum Gasteiger partial charge on any atom is -0.314 e. The van der Waals surface area contributed by atoms with Crippen molar-refractivity contribution in [1.29, 1.82) is 0 Å². The number of rotatable bonds is 7. The number of aryl methyl sites for hydroxylation is 1. The van der Waals surface area contributed by atoms with Gasteiger partial charge in [-0.2, -0.15) is 0 Å². The molecule has 2 atom stereocenters. The molecule has 0 saturated heterocycles. The second-order valence-electron chi connectivity index (χ2n) is 6.03. The molecule has 19 heavy (non-hydrogen) atoms. The van der Waals surface area contributed by atoms with Crippen molar-refractivity contribution in [3.63, 3.8) is 0 Å². The average molecular weight is 259 g/mol. The van der Waals surface area contributed by atoms with Crippen molar-refractivity contribution in [2.45, 2.75) is 64.3 Å². The lowest BCUT2D eigenvalue weighted by molar-refractivity contribution is 0.279. The van der Waals surface area contributed by atoms with Gasteiger partial charge in [0.1, 0.15) is 0 Å². The van der Waals surface area contributed by atoms with Crippen LogP contribution < -0.4 is 5.32 Å². The minimum absolute atomic E-state index is 0.801. The maximum absolute atomic E-state index is 3.77. The van der Waals surface area contributed by atoms with Gasteiger partial charge in [0, 0.05) is 6.04 Å². The summed E-state index contributed by atoms with van der Waals surface area (Å²) in [4.78, 5) is 0. The van der Waals surface area contributed by atoms with Gasteiger partial charge in [-0.25, -0.2) is 0 Å². The Kier molecular flexibility index (Phi) is 6.43. The predicted molar refractivity (Wildman–Crippen MR) is 83.4 cm³/mol. The minimum atomic E-state index is 0.801. The molecule has 106 valence electrons. The van der Waals surface area contributed by atoms with Crippen LogP contribution in [0.3, 0.4) is 0 Å². The second kappa shape index (κ2) is 8.37. The van der Waals surface area contributed by atoms with Crippen LogP contribution in [0.25, 0.3) is 0 Å². The summed E-state index contributed by atoms with van der Waals surface area (Å²) in [5.41, 5.74) is 1.48. The van der Waals surface area contributed by atoms with E-state index in [4.69, 9.17) is 0 Å². The number of hydrogen-bond acceptors (Lipinski definition) is 1. The first-order valence-corrected chi connectivity index (χ1v) is 8.15. The summed E-state index contributed by atoms with van der Waals surface area (Å²) in [6.45, 7) is 3.54. The fourth-order valence-corrected chi connectivity index (χ4v) is 3.25. The van der Waals surface area contributed by atoms with Crippen molar-refractivity contribution in [2.75, 3.05) is 6.54 Å². The molecule has 1 saturated carbocycles. The first-order chi connectivity index (χ1) is 9.38. The van der Waals surface area contributed by atoms with Gasteiger partial charge < -0.3 is 5.32 Å². The van der Waals surface area contributed by atoms with E-state index in [2.05, 4.69) is 42.6 Å². The molecule has 1 nitrogen and oxygen atoms in total. The van der Waals surface area contributed by atoms with Crippen molar-refractivity contribution < 1.29 is 0 Å². The van der Waals surface area contributed by atoms with Gasteiger partial charge in [-0.05, 0) is 50.1 Å². The lowest BCUT2D eigenvalue weighted by Crippen LogP contribution is -2.34. The van der Waals surface area contributed by atoms with E-state index in [9.17, 15) is 0 Å². The topological polar surface area (TPSA) is 12.0 Å². The van der Waals surface area contributed by atoms with Gasteiger partial charge in [-0.1, -0.05) is 56.5 Å². The summed E-state index contributed by atoms with van der Waals surface area (Å²) in [5, 5.41) is 3.77. The highest BCUT2D eigenvalue weighted by Gasteiger charge is 2.19. The quantitative estimate of drug-likeness (QED) is 0.707. The smallest absolute Gasteiger partial charge is 0.00697 e. The highest BCUT2D eigenvalue weighted by atomic mass is 14.9. The highest BCUT2D eigenvalue weighted by molar-refractivity contribution is 5.14. The monoisotopic (exact) mass is 259 g/mol. The second-order valence-corrected chi connectivity index (χ2v) is 6.03. The molecule has 2 unspecified atom stereocenters. The SMILES string of the molecule is CCC1CCCC(NCCCCc2ccccc2)C1. The van der Waals surface area contributed by atoms with E-state index in [1.807, 2.05) is 0 Å². The van der Waals surface area contributed by atoms with E-state index in [-0.39, 0.29) is 0 Å². The normalized spacial score (nSPS) is 23.4. The summed E-state index contributed by atoms with van der Waals surface area (Å²) in [6.07, 6.45) is 10.9. The summed E-state index contributed by atoms with van der Waals surface area (Å²) >= 11 is 0. The van der Waals surface area contributed by atoms with Crippen LogP contribution in [0.5, 0.6) is 0 Å². The molecule has 0 bridgehead atoms. The van der Waals surface area contributed by atoms with Crippen molar-refractivity contribution in [2.24, 2.45) is 5.92 Å². The number of unbranched alkanes of at least 4 members (excludes halogenated alkanes) is 1. The molecular weight excluding hydrogens is 230 g/mol. The van der Waals surface area contributed by atoms with Gasteiger partial charge in [-0.15, -0.1) is 0 Å². The Morgan fingerprint density at radius 2 is 1.95 bits per heavy atom. The van der Waals surface area contributed by atoms with Crippen LogP contribution in [0.4, 0.5) is 0 Å². The molecule has 0 aliphatic heterocycles. The molecule has 0 heterocycles. The third-order valence-corrected chi connectivity index (χ3v) is 4.53. The Morgan fingerprint density at radius 1 is 1.11 bits per heavy atom. The van der Waals surface area contributed by atoms with Crippen LogP contribution in [-0.4, -0.2) is 12.6 Å². The van der Waals surface area contributed by atoms with Crippen LogP contribution in [0.1, 0.15) is 57.4 Å². The Morgan fingerprint density at radius 3 is 2.74 bits per heavy atom. The largest absolute Gasteiger partial charge is 0.314 e. The molecule has 1 aromatic rings. The first kappa shape index (κ1) is 14.6. The van der Waals surface area contributed by atoms with Crippen LogP contribution >= 0.6 is 0 Å². The van der Waals surface area contributed by atoms with Crippen LogP contribution in [0, 0.1) is 5.92 Å². The maximum atomic E-state index is 3.77. The van der Waals surface area contributed by atoms with Gasteiger partial charge in [-0.3, -0.25) is 0 Å². The van der Waals surface area contributed by atoms with E-state index < -0.39 is 0 Å². The third kappa shape index (κ3) is 5.36. The standard InChI is InChI=1S/C18H29N/c1-2-16-12-8-13-18(15-16)19-14-7-6-11-17-9-4-3-5-10-17/h3-5,9-10,16,18-19H,2,6-8,11-15H2,1H3. The van der Waals surface area contributed by atoms with Crippen LogP contribution in [0.15, 0.2) is 30.3 Å². The highest BCUT2D eigenvalue weighted by Crippen LogP contribution is 2.26. The molecular formula is C18H29N. The van der Waals surface area contributed by atoms with E-state index in [1.54, 1.807) is 0 Å². The molecule has 1 aliphatic carbocycles. The summed E-state index contributed by atoms with van der Waals surface area (Å²) in [5.74, 6) is 0.982. The molecule has 0 amide bonds. The lowest BCUT2D eigenvalue weighted by Gasteiger charge is -2.29. The Bertz CT molecular complexity index is 333. The predicted octanol–water partition coefficient (Wildman–Crippen LogP) is 4.57. The molecule has 1 N–H and O–H groups in total. The van der Waals surface area contributed by atoms with Gasteiger partial charge in [0.15, 0.2) is 0 Å². The summed E-state index contributed by atoms with van der Waals surface area (Å²) < 4.78 is 0. The summed E-state index contributed by atoms with van der Waals surface area (Å²) in [7, 11) is 0. The van der Waals surface area contributed by atoms with Crippen LogP contribution in [0.2, 0.25) is 0 Å². The first-order valence-electron chi connectivity index (χ1n) is 8.15. The van der Waals surface area contributed by atoms with E-state index in [1.165, 1.54) is 63.5 Å². The lowest BCUT2D eigenvalue weighted by atomic mass is 9.84. The van der Waals surface area contributed by atoms with E-state index in [0.29, 0.717) is 0 Å². The zero-order chi connectivity index (χ0) is 13.3. The average Bonchev–Trinajstić information content (AvgIpc) is 2.48. The fraction of sp³-hybridized carbons (Fsp3) is 0.667. The zero-order valence-corrected chi connectivity index (χ0v) is 12.4. The Labute approximate surface area is 118 Å². The van der Waals surface area contributed by atoms with E-state index >= 15 is 0 Å². The molecule has 0 spiro atoms. The van der Waals surface area contributed by atoms with Crippen molar-refractivity contribution in [3.05, 3.63) is 35.9 Å². The number of benzene rings is 1. The van der Waals surface area contributed by atoms with E-state index in [0.717, 1.165) is 12.0 Å². The van der Waals surface area contributed by atoms with Gasteiger partial charge in [0.05, 0.1) is 0 Å². The fourth-order valence-electron chi connectivity index (χ4n) is 3.25. The zero-order valence-electron chi connectivity index (χ0n) is 12.4. The molecule has 1 heteroatoms. The molecule has 1 fully saturated rings. The third-order valence-electron chi connectivity index (χ3n) is 4.53. The molecule has 1 aliphatic rings. The van der Waals surface area contributed by atoms with Crippen LogP contribution in [-0.2, 0) is 6.42 Å².